The van der Waals surface area contributed by atoms with E-state index in [1.807, 2.05) is 55.4 Å². The fourth-order valence-electron chi connectivity index (χ4n) is 4.13. The lowest BCUT2D eigenvalue weighted by molar-refractivity contribution is -0.143. The number of carboxylic acid groups (broad SMARTS) is 1. The van der Waals surface area contributed by atoms with Gasteiger partial charge in [-0.25, -0.2) is 9.59 Å². The van der Waals surface area contributed by atoms with Gasteiger partial charge in [-0.3, -0.25) is 4.79 Å². The lowest BCUT2D eigenvalue weighted by Gasteiger charge is -2.30. The quantitative estimate of drug-likeness (QED) is 0.495. The number of rotatable bonds is 10. The smallest absolute Gasteiger partial charge is 0.408 e. The van der Waals surface area contributed by atoms with Gasteiger partial charge in [0.15, 0.2) is 0 Å². The molecule has 2 amide bonds. The molecule has 2 aromatic rings. The second kappa shape index (κ2) is 10.7. The molecule has 3 rings (SSSR count). The third kappa shape index (κ3) is 5.56. The van der Waals surface area contributed by atoms with E-state index >= 15 is 0 Å². The molecule has 0 aliphatic heterocycles. The number of benzene rings is 2. The van der Waals surface area contributed by atoms with Crippen LogP contribution in [0.4, 0.5) is 4.79 Å². The van der Waals surface area contributed by atoms with Crippen LogP contribution < -0.4 is 10.6 Å². The SMILES string of the molecule is CCC(C)(NC(=O)OCC1c2ccccc2-c2ccccc21)C(=O)NC(CCN(C)C)C(=O)O. The Bertz CT molecular complexity index is 1010. The average molecular weight is 468 g/mol. The molecule has 2 atom stereocenters. The van der Waals surface area contributed by atoms with Gasteiger partial charge < -0.3 is 25.4 Å². The van der Waals surface area contributed by atoms with Crippen molar-refractivity contribution >= 4 is 18.0 Å². The molecule has 0 saturated carbocycles. The van der Waals surface area contributed by atoms with Gasteiger partial charge in [-0.05, 0) is 56.1 Å². The first-order valence-electron chi connectivity index (χ1n) is 11.5. The van der Waals surface area contributed by atoms with Crippen LogP contribution in [0.2, 0.25) is 0 Å². The van der Waals surface area contributed by atoms with Crippen LogP contribution in [0.3, 0.4) is 0 Å². The number of alkyl carbamates (subject to hydrolysis) is 1. The summed E-state index contributed by atoms with van der Waals surface area (Å²) in [6.07, 6.45) is -0.205. The Hall–Kier alpha value is -3.39. The van der Waals surface area contributed by atoms with Crippen molar-refractivity contribution in [1.82, 2.24) is 15.5 Å². The van der Waals surface area contributed by atoms with E-state index in [2.05, 4.69) is 22.8 Å². The number of aliphatic carboxylic acids is 1. The number of ether oxygens (including phenoxy) is 1. The Morgan fingerprint density at radius 2 is 1.62 bits per heavy atom. The molecule has 1 aliphatic carbocycles. The highest BCUT2D eigenvalue weighted by atomic mass is 16.5. The van der Waals surface area contributed by atoms with Crippen molar-refractivity contribution in [2.24, 2.45) is 0 Å². The first-order valence-corrected chi connectivity index (χ1v) is 11.5. The number of nitrogens with zero attached hydrogens (tertiary/aromatic N) is 1. The minimum absolute atomic E-state index is 0.0951. The third-order valence-electron chi connectivity index (χ3n) is 6.40. The van der Waals surface area contributed by atoms with Gasteiger partial charge in [0.05, 0.1) is 0 Å². The maximum absolute atomic E-state index is 12.9. The number of hydrogen-bond acceptors (Lipinski definition) is 5. The predicted octanol–water partition coefficient (Wildman–Crippen LogP) is 3.21. The van der Waals surface area contributed by atoms with E-state index in [4.69, 9.17) is 4.74 Å². The van der Waals surface area contributed by atoms with E-state index in [-0.39, 0.29) is 25.4 Å². The number of carbonyl (C=O) groups excluding carboxylic acids is 2. The summed E-state index contributed by atoms with van der Waals surface area (Å²) < 4.78 is 5.57. The molecule has 0 radical (unpaired) electrons. The van der Waals surface area contributed by atoms with E-state index in [9.17, 15) is 19.5 Å². The fraction of sp³-hybridized carbons (Fsp3) is 0.423. The summed E-state index contributed by atoms with van der Waals surface area (Å²) in [5.74, 6) is -1.77. The number of carbonyl (C=O) groups is 3. The Balaban J connectivity index is 1.65. The van der Waals surface area contributed by atoms with Crippen LogP contribution in [0.5, 0.6) is 0 Å². The van der Waals surface area contributed by atoms with Crippen molar-refractivity contribution in [1.29, 1.82) is 0 Å². The highest BCUT2D eigenvalue weighted by Gasteiger charge is 2.37. The van der Waals surface area contributed by atoms with Crippen molar-refractivity contribution in [2.75, 3.05) is 27.2 Å². The maximum atomic E-state index is 12.9. The minimum atomic E-state index is -1.31. The summed E-state index contributed by atoms with van der Waals surface area (Å²) in [6, 6.07) is 15.0. The van der Waals surface area contributed by atoms with Crippen LogP contribution in [0, 0.1) is 0 Å². The molecule has 0 aromatic heterocycles. The zero-order valence-electron chi connectivity index (χ0n) is 20.1. The summed E-state index contributed by atoms with van der Waals surface area (Å²) >= 11 is 0. The van der Waals surface area contributed by atoms with E-state index in [0.29, 0.717) is 6.54 Å². The van der Waals surface area contributed by atoms with Crippen LogP contribution >= 0.6 is 0 Å². The molecule has 1 aliphatic rings. The van der Waals surface area contributed by atoms with Gasteiger partial charge in [0, 0.05) is 12.5 Å². The molecule has 0 saturated heterocycles. The molecular formula is C26H33N3O5. The van der Waals surface area contributed by atoms with Gasteiger partial charge in [-0.2, -0.15) is 0 Å². The Morgan fingerprint density at radius 3 is 2.12 bits per heavy atom. The molecule has 34 heavy (non-hydrogen) atoms. The van der Waals surface area contributed by atoms with Gasteiger partial charge >= 0.3 is 12.1 Å². The summed E-state index contributed by atoms with van der Waals surface area (Å²) in [5, 5.41) is 14.7. The summed E-state index contributed by atoms with van der Waals surface area (Å²) in [7, 11) is 3.66. The highest BCUT2D eigenvalue weighted by Crippen LogP contribution is 2.44. The van der Waals surface area contributed by atoms with E-state index in [1.54, 1.807) is 13.8 Å². The van der Waals surface area contributed by atoms with Crippen LogP contribution in [0.25, 0.3) is 11.1 Å². The molecule has 8 nitrogen and oxygen atoms in total. The van der Waals surface area contributed by atoms with Crippen LogP contribution in [-0.4, -0.2) is 66.8 Å². The molecule has 2 aromatic carbocycles. The fourth-order valence-corrected chi connectivity index (χ4v) is 4.13. The van der Waals surface area contributed by atoms with Crippen molar-refractivity contribution in [2.45, 2.75) is 44.2 Å². The highest BCUT2D eigenvalue weighted by molar-refractivity contribution is 5.92. The zero-order chi connectivity index (χ0) is 24.9. The molecule has 3 N–H and O–H groups in total. The Labute approximate surface area is 200 Å². The van der Waals surface area contributed by atoms with Crippen LogP contribution in [0.1, 0.15) is 43.7 Å². The molecule has 0 spiro atoms. The average Bonchev–Trinajstić information content (AvgIpc) is 3.13. The van der Waals surface area contributed by atoms with Gasteiger partial charge in [-0.15, -0.1) is 0 Å². The third-order valence-corrected chi connectivity index (χ3v) is 6.40. The first kappa shape index (κ1) is 25.2. The Kier molecular flexibility index (Phi) is 7.94. The molecular weight excluding hydrogens is 434 g/mol. The number of amides is 2. The lowest BCUT2D eigenvalue weighted by atomic mass is 9.97. The van der Waals surface area contributed by atoms with Crippen molar-refractivity contribution in [3.05, 3.63) is 59.7 Å². The van der Waals surface area contributed by atoms with Gasteiger partial charge in [0.25, 0.3) is 0 Å². The van der Waals surface area contributed by atoms with Crippen LogP contribution in [0.15, 0.2) is 48.5 Å². The van der Waals surface area contributed by atoms with E-state index < -0.39 is 29.6 Å². The Morgan fingerprint density at radius 1 is 1.06 bits per heavy atom. The van der Waals surface area contributed by atoms with Crippen molar-refractivity contribution < 1.29 is 24.2 Å². The minimum Gasteiger partial charge on any atom is -0.480 e. The first-order chi connectivity index (χ1) is 16.2. The van der Waals surface area contributed by atoms with Gasteiger partial charge in [-0.1, -0.05) is 55.5 Å². The number of nitrogens with one attached hydrogen (secondary N) is 2. The largest absolute Gasteiger partial charge is 0.480 e. The van der Waals surface area contributed by atoms with Gasteiger partial charge in [0.1, 0.15) is 18.2 Å². The lowest BCUT2D eigenvalue weighted by Crippen LogP contribution is -2.59. The van der Waals surface area contributed by atoms with E-state index in [0.717, 1.165) is 22.3 Å². The molecule has 8 heteroatoms. The van der Waals surface area contributed by atoms with Gasteiger partial charge in [0.2, 0.25) is 5.91 Å². The molecule has 0 fully saturated rings. The topological polar surface area (TPSA) is 108 Å². The molecule has 2 unspecified atom stereocenters. The normalized spacial score (nSPS) is 15.1. The number of carboxylic acids is 1. The van der Waals surface area contributed by atoms with Crippen LogP contribution in [-0.2, 0) is 14.3 Å². The second-order valence-corrected chi connectivity index (χ2v) is 9.09. The molecule has 0 bridgehead atoms. The monoisotopic (exact) mass is 467 g/mol. The number of hydrogen-bond donors (Lipinski definition) is 3. The zero-order valence-corrected chi connectivity index (χ0v) is 20.1. The number of fused-ring (bicyclic) bond motifs is 3. The maximum Gasteiger partial charge on any atom is 0.408 e. The van der Waals surface area contributed by atoms with Crippen molar-refractivity contribution in [3.63, 3.8) is 0 Å². The molecule has 182 valence electrons. The standard InChI is InChI=1S/C26H33N3O5/c1-5-26(2,24(32)27-22(23(30)31)14-15-29(3)4)28-25(33)34-16-21-19-12-8-6-10-17(19)18-11-7-9-13-20(18)21/h6-13,21-22H,5,14-16H2,1-4H3,(H,27,32)(H,28,33)(H,30,31). The predicted molar refractivity (Wildman–Crippen MR) is 130 cm³/mol. The summed E-state index contributed by atoms with van der Waals surface area (Å²) in [6.45, 7) is 3.94. The van der Waals surface area contributed by atoms with Crippen molar-refractivity contribution in [3.8, 4) is 11.1 Å². The van der Waals surface area contributed by atoms with E-state index in [1.165, 1.54) is 0 Å². The summed E-state index contributed by atoms with van der Waals surface area (Å²) in [5.41, 5.74) is 3.13. The molecule has 0 heterocycles. The second-order valence-electron chi connectivity index (χ2n) is 9.09. The summed E-state index contributed by atoms with van der Waals surface area (Å²) in [4.78, 5) is 39.1.